The molecule has 0 radical (unpaired) electrons. The Morgan fingerprint density at radius 1 is 1.14 bits per heavy atom. The van der Waals surface area contributed by atoms with Crippen molar-refractivity contribution in [3.05, 3.63) is 64.6 Å². The molecule has 0 spiro atoms. The molecule has 0 unspecified atom stereocenters. The summed E-state index contributed by atoms with van der Waals surface area (Å²) in [4.78, 5) is 15.1. The van der Waals surface area contributed by atoms with Gasteiger partial charge in [0, 0.05) is 48.5 Å². The number of piperazine rings is 1. The second-order valence-corrected chi connectivity index (χ2v) is 8.50. The number of fused-ring (bicyclic) bond motifs is 2. The van der Waals surface area contributed by atoms with Crippen LogP contribution in [0.3, 0.4) is 0 Å². The zero-order valence-corrected chi connectivity index (χ0v) is 16.9. The molecule has 0 amide bonds. The monoisotopic (exact) mass is 388 g/mol. The molecule has 0 saturated carbocycles. The van der Waals surface area contributed by atoms with Crippen LogP contribution in [0.4, 0.5) is 5.69 Å². The summed E-state index contributed by atoms with van der Waals surface area (Å²) in [5.74, 6) is 0. The van der Waals surface area contributed by atoms with Gasteiger partial charge in [0.1, 0.15) is 11.3 Å². The standard InChI is InChI=1S/C23H24N4O2/c1-15-6-8-27-18(10-15)12-20(25-27)19-11-16-4-5-17(13-21(16)29-22(19)28)26-9-7-24-23(2,3)14-26/h4-6,8,10-13,24H,7,9,14H2,1-3H3. The van der Waals surface area contributed by atoms with Gasteiger partial charge in [-0.3, -0.25) is 0 Å². The highest BCUT2D eigenvalue weighted by Crippen LogP contribution is 2.27. The Hall–Kier alpha value is -3.12. The highest BCUT2D eigenvalue weighted by molar-refractivity contribution is 5.84. The van der Waals surface area contributed by atoms with Crippen molar-refractivity contribution in [3.63, 3.8) is 0 Å². The summed E-state index contributed by atoms with van der Waals surface area (Å²) in [5.41, 5.74) is 4.58. The van der Waals surface area contributed by atoms with E-state index in [1.54, 1.807) is 4.52 Å². The largest absolute Gasteiger partial charge is 0.422 e. The van der Waals surface area contributed by atoms with Gasteiger partial charge in [-0.15, -0.1) is 0 Å². The molecule has 6 heteroatoms. The quantitative estimate of drug-likeness (QED) is 0.532. The number of pyridine rings is 1. The molecule has 0 bridgehead atoms. The van der Waals surface area contributed by atoms with E-state index in [0.29, 0.717) is 16.8 Å². The lowest BCUT2D eigenvalue weighted by Gasteiger charge is -2.40. The van der Waals surface area contributed by atoms with Crippen molar-refractivity contribution >= 4 is 22.2 Å². The van der Waals surface area contributed by atoms with Crippen LogP contribution in [-0.4, -0.2) is 34.8 Å². The molecule has 29 heavy (non-hydrogen) atoms. The molecule has 1 fully saturated rings. The molecule has 1 aromatic carbocycles. The number of nitrogens with zero attached hydrogens (tertiary/aromatic N) is 3. The van der Waals surface area contributed by atoms with Gasteiger partial charge in [-0.05, 0) is 62.7 Å². The minimum atomic E-state index is -0.365. The van der Waals surface area contributed by atoms with E-state index in [-0.39, 0.29) is 11.2 Å². The van der Waals surface area contributed by atoms with E-state index in [4.69, 9.17) is 4.42 Å². The molecule has 1 saturated heterocycles. The molecule has 0 atom stereocenters. The highest BCUT2D eigenvalue weighted by atomic mass is 16.4. The van der Waals surface area contributed by atoms with Crippen LogP contribution in [0.5, 0.6) is 0 Å². The van der Waals surface area contributed by atoms with E-state index in [9.17, 15) is 4.79 Å². The van der Waals surface area contributed by atoms with Crippen LogP contribution in [0.15, 0.2) is 57.9 Å². The second-order valence-electron chi connectivity index (χ2n) is 8.50. The van der Waals surface area contributed by atoms with Crippen LogP contribution in [-0.2, 0) is 0 Å². The molecule has 1 aliphatic heterocycles. The van der Waals surface area contributed by atoms with Gasteiger partial charge in [-0.2, -0.15) is 5.10 Å². The lowest BCUT2D eigenvalue weighted by Crippen LogP contribution is -2.57. The van der Waals surface area contributed by atoms with Gasteiger partial charge in [-0.25, -0.2) is 9.31 Å². The van der Waals surface area contributed by atoms with E-state index in [1.165, 1.54) is 0 Å². The van der Waals surface area contributed by atoms with Gasteiger partial charge in [0.05, 0.1) is 11.1 Å². The first-order valence-electron chi connectivity index (χ1n) is 9.92. The average Bonchev–Trinajstić information content (AvgIpc) is 3.09. The van der Waals surface area contributed by atoms with E-state index >= 15 is 0 Å². The van der Waals surface area contributed by atoms with Crippen molar-refractivity contribution in [3.8, 4) is 11.3 Å². The lowest BCUT2D eigenvalue weighted by molar-refractivity contribution is 0.353. The Balaban J connectivity index is 1.55. The third-order valence-corrected chi connectivity index (χ3v) is 5.55. The lowest BCUT2D eigenvalue weighted by atomic mass is 10.0. The van der Waals surface area contributed by atoms with Crippen LogP contribution < -0.4 is 15.8 Å². The number of anilines is 1. The number of nitrogens with one attached hydrogen (secondary N) is 1. The molecule has 0 aliphatic carbocycles. The smallest absolute Gasteiger partial charge is 0.345 e. The van der Waals surface area contributed by atoms with Crippen molar-refractivity contribution in [1.29, 1.82) is 0 Å². The van der Waals surface area contributed by atoms with E-state index in [0.717, 1.165) is 41.8 Å². The van der Waals surface area contributed by atoms with E-state index in [2.05, 4.69) is 35.2 Å². The molecule has 3 aromatic heterocycles. The zero-order valence-electron chi connectivity index (χ0n) is 16.9. The SMILES string of the molecule is Cc1ccn2nc(-c3cc4ccc(N5CCNC(C)(C)C5)cc4oc3=O)cc2c1. The average molecular weight is 388 g/mol. The fraction of sp³-hybridized carbons (Fsp3) is 0.304. The number of rotatable bonds is 2. The van der Waals surface area contributed by atoms with Crippen molar-refractivity contribution in [2.45, 2.75) is 26.3 Å². The van der Waals surface area contributed by atoms with Gasteiger partial charge in [0.2, 0.25) is 0 Å². The van der Waals surface area contributed by atoms with Gasteiger partial charge < -0.3 is 14.6 Å². The van der Waals surface area contributed by atoms with Crippen LogP contribution >= 0.6 is 0 Å². The van der Waals surface area contributed by atoms with E-state index < -0.39 is 0 Å². The Kier molecular flexibility index (Phi) is 3.99. The number of hydrogen-bond donors (Lipinski definition) is 1. The maximum atomic E-state index is 12.7. The fourth-order valence-electron chi connectivity index (χ4n) is 4.07. The summed E-state index contributed by atoms with van der Waals surface area (Å²) in [7, 11) is 0. The Morgan fingerprint density at radius 3 is 2.83 bits per heavy atom. The molecule has 5 rings (SSSR count). The molecular formula is C23H24N4O2. The third-order valence-electron chi connectivity index (χ3n) is 5.55. The third kappa shape index (κ3) is 3.29. The molecule has 1 N–H and O–H groups in total. The number of benzene rings is 1. The zero-order chi connectivity index (χ0) is 20.2. The Bertz CT molecular complexity index is 1290. The summed E-state index contributed by atoms with van der Waals surface area (Å²) in [6, 6.07) is 13.9. The summed E-state index contributed by atoms with van der Waals surface area (Å²) in [5, 5.41) is 8.95. The van der Waals surface area contributed by atoms with Gasteiger partial charge in [0.25, 0.3) is 0 Å². The second kappa shape index (κ2) is 6.46. The van der Waals surface area contributed by atoms with Crippen molar-refractivity contribution < 1.29 is 4.42 Å². The molecule has 1 aliphatic rings. The van der Waals surface area contributed by atoms with Crippen LogP contribution in [0.25, 0.3) is 27.7 Å². The molecule has 4 aromatic rings. The summed E-state index contributed by atoms with van der Waals surface area (Å²) < 4.78 is 7.48. The van der Waals surface area contributed by atoms with Crippen LogP contribution in [0.2, 0.25) is 0 Å². The normalized spacial score (nSPS) is 16.6. The predicted molar refractivity (Wildman–Crippen MR) is 116 cm³/mol. The fourth-order valence-corrected chi connectivity index (χ4v) is 4.07. The maximum absolute atomic E-state index is 12.7. The van der Waals surface area contributed by atoms with E-state index in [1.807, 2.05) is 49.5 Å². The highest BCUT2D eigenvalue weighted by Gasteiger charge is 2.26. The summed E-state index contributed by atoms with van der Waals surface area (Å²) >= 11 is 0. The molecule has 6 nitrogen and oxygen atoms in total. The van der Waals surface area contributed by atoms with Crippen LogP contribution in [0.1, 0.15) is 19.4 Å². The first kappa shape index (κ1) is 17.9. The van der Waals surface area contributed by atoms with Crippen molar-refractivity contribution in [1.82, 2.24) is 14.9 Å². The van der Waals surface area contributed by atoms with Gasteiger partial charge >= 0.3 is 5.63 Å². The molecule has 4 heterocycles. The Labute approximate surface area is 168 Å². The van der Waals surface area contributed by atoms with Crippen molar-refractivity contribution in [2.75, 3.05) is 24.5 Å². The predicted octanol–water partition coefficient (Wildman–Crippen LogP) is 3.60. The molecule has 148 valence electrons. The van der Waals surface area contributed by atoms with Gasteiger partial charge in [-0.1, -0.05) is 0 Å². The number of aryl methyl sites for hydroxylation is 1. The Morgan fingerprint density at radius 2 is 2.00 bits per heavy atom. The van der Waals surface area contributed by atoms with Crippen LogP contribution in [0, 0.1) is 6.92 Å². The minimum absolute atomic E-state index is 0.0549. The number of hydrogen-bond acceptors (Lipinski definition) is 5. The van der Waals surface area contributed by atoms with Crippen molar-refractivity contribution in [2.24, 2.45) is 0 Å². The maximum Gasteiger partial charge on any atom is 0.345 e. The molecular weight excluding hydrogens is 364 g/mol. The minimum Gasteiger partial charge on any atom is -0.422 e. The van der Waals surface area contributed by atoms with Gasteiger partial charge in [0.15, 0.2) is 0 Å². The number of aromatic nitrogens is 2. The topological polar surface area (TPSA) is 62.8 Å². The summed E-state index contributed by atoms with van der Waals surface area (Å²) in [6.07, 6.45) is 1.90. The summed E-state index contributed by atoms with van der Waals surface area (Å²) in [6.45, 7) is 9.20. The first-order valence-corrected chi connectivity index (χ1v) is 9.92. The first-order chi connectivity index (χ1) is 13.9.